The summed E-state index contributed by atoms with van der Waals surface area (Å²) >= 11 is 0. The summed E-state index contributed by atoms with van der Waals surface area (Å²) < 4.78 is 1.79. The molecule has 0 aromatic carbocycles. The van der Waals surface area contributed by atoms with Crippen molar-refractivity contribution < 1.29 is 4.92 Å². The van der Waals surface area contributed by atoms with E-state index >= 15 is 0 Å². The van der Waals surface area contributed by atoms with E-state index in [1.54, 1.807) is 11.5 Å². The SMILES string of the molecule is Cc1nc([N+](=O)[O-])c(N(C)CC2CCNCC2)n1C. The summed E-state index contributed by atoms with van der Waals surface area (Å²) in [6, 6.07) is 0. The number of aromatic nitrogens is 2. The zero-order chi connectivity index (χ0) is 14.0. The number of piperidine rings is 1. The Bertz CT molecular complexity index is 465. The number of aryl methyl sites for hydroxylation is 1. The van der Waals surface area contributed by atoms with Gasteiger partial charge in [-0.1, -0.05) is 0 Å². The first-order chi connectivity index (χ1) is 9.00. The van der Waals surface area contributed by atoms with Crippen molar-refractivity contribution in [2.75, 3.05) is 31.6 Å². The van der Waals surface area contributed by atoms with Crippen LogP contribution in [0.15, 0.2) is 0 Å². The highest BCUT2D eigenvalue weighted by Gasteiger charge is 2.28. The highest BCUT2D eigenvalue weighted by atomic mass is 16.6. The molecule has 1 aliphatic heterocycles. The number of nitrogens with zero attached hydrogens (tertiary/aromatic N) is 4. The minimum Gasteiger partial charge on any atom is -0.358 e. The molecule has 0 bridgehead atoms. The minimum atomic E-state index is -0.402. The predicted molar refractivity (Wildman–Crippen MR) is 73.5 cm³/mol. The normalized spacial score (nSPS) is 16.6. The number of nitro groups is 1. The Kier molecular flexibility index (Phi) is 4.04. The van der Waals surface area contributed by atoms with Crippen molar-refractivity contribution in [3.8, 4) is 0 Å². The quantitative estimate of drug-likeness (QED) is 0.652. The number of nitrogens with one attached hydrogen (secondary N) is 1. The molecule has 7 nitrogen and oxygen atoms in total. The van der Waals surface area contributed by atoms with Gasteiger partial charge in [-0.15, -0.1) is 0 Å². The van der Waals surface area contributed by atoms with Crippen LogP contribution in [0.3, 0.4) is 0 Å². The molecule has 0 amide bonds. The van der Waals surface area contributed by atoms with Crippen LogP contribution < -0.4 is 10.2 Å². The van der Waals surface area contributed by atoms with Crippen LogP contribution in [-0.2, 0) is 7.05 Å². The summed E-state index contributed by atoms with van der Waals surface area (Å²) in [6.45, 7) is 4.69. The topological polar surface area (TPSA) is 76.2 Å². The van der Waals surface area contributed by atoms with E-state index in [0.29, 0.717) is 17.6 Å². The molecule has 106 valence electrons. The van der Waals surface area contributed by atoms with E-state index in [-0.39, 0.29) is 5.82 Å². The number of hydrogen-bond acceptors (Lipinski definition) is 5. The average molecular weight is 267 g/mol. The standard InChI is InChI=1S/C12H21N5O2/c1-9-14-11(17(18)19)12(16(9)3)15(2)8-10-4-6-13-7-5-10/h10,13H,4-8H2,1-3H3. The lowest BCUT2D eigenvalue weighted by molar-refractivity contribution is -0.388. The maximum absolute atomic E-state index is 11.1. The summed E-state index contributed by atoms with van der Waals surface area (Å²) in [5.41, 5.74) is 0. The molecule has 1 aliphatic rings. The third kappa shape index (κ3) is 2.86. The van der Waals surface area contributed by atoms with Gasteiger partial charge in [0.25, 0.3) is 0 Å². The van der Waals surface area contributed by atoms with E-state index in [2.05, 4.69) is 10.3 Å². The van der Waals surface area contributed by atoms with Gasteiger partial charge in [0, 0.05) is 27.6 Å². The van der Waals surface area contributed by atoms with Crippen LogP contribution in [0.1, 0.15) is 18.7 Å². The zero-order valence-electron chi connectivity index (χ0n) is 11.7. The van der Waals surface area contributed by atoms with Gasteiger partial charge in [-0.05, 0) is 41.8 Å². The molecular formula is C12H21N5O2. The first kappa shape index (κ1) is 13.8. The lowest BCUT2D eigenvalue weighted by atomic mass is 9.98. The molecular weight excluding hydrogens is 246 g/mol. The molecule has 1 saturated heterocycles. The Morgan fingerprint density at radius 3 is 2.74 bits per heavy atom. The van der Waals surface area contributed by atoms with E-state index in [9.17, 15) is 10.1 Å². The van der Waals surface area contributed by atoms with Gasteiger partial charge in [0.05, 0.1) is 0 Å². The molecule has 0 radical (unpaired) electrons. The van der Waals surface area contributed by atoms with E-state index in [1.807, 2.05) is 19.0 Å². The molecule has 0 atom stereocenters. The maximum Gasteiger partial charge on any atom is 0.406 e. The van der Waals surface area contributed by atoms with Crippen LogP contribution >= 0.6 is 0 Å². The second-order valence-electron chi connectivity index (χ2n) is 5.20. The van der Waals surface area contributed by atoms with E-state index < -0.39 is 4.92 Å². The van der Waals surface area contributed by atoms with Crippen LogP contribution in [-0.4, -0.2) is 41.2 Å². The molecule has 2 heterocycles. The largest absolute Gasteiger partial charge is 0.406 e. The molecule has 7 heteroatoms. The Hall–Kier alpha value is -1.63. The molecule has 1 aromatic heterocycles. The highest BCUT2D eigenvalue weighted by molar-refractivity contribution is 5.55. The van der Waals surface area contributed by atoms with Crippen LogP contribution in [0.2, 0.25) is 0 Å². The van der Waals surface area contributed by atoms with Gasteiger partial charge >= 0.3 is 5.82 Å². The Morgan fingerprint density at radius 1 is 1.53 bits per heavy atom. The van der Waals surface area contributed by atoms with Crippen LogP contribution in [0, 0.1) is 23.0 Å². The van der Waals surface area contributed by atoms with Crippen LogP contribution in [0.5, 0.6) is 0 Å². The third-order valence-corrected chi connectivity index (χ3v) is 3.80. The number of anilines is 1. The molecule has 1 fully saturated rings. The summed E-state index contributed by atoms with van der Waals surface area (Å²) in [5.74, 6) is 1.80. The van der Waals surface area contributed by atoms with Gasteiger partial charge in [0.1, 0.15) is 0 Å². The van der Waals surface area contributed by atoms with Gasteiger partial charge in [-0.3, -0.25) is 4.57 Å². The smallest absolute Gasteiger partial charge is 0.358 e. The summed E-state index contributed by atoms with van der Waals surface area (Å²) in [6.07, 6.45) is 2.24. The van der Waals surface area contributed by atoms with Crippen LogP contribution in [0.25, 0.3) is 0 Å². The van der Waals surface area contributed by atoms with Crippen LogP contribution in [0.4, 0.5) is 11.6 Å². The molecule has 0 saturated carbocycles. The van der Waals surface area contributed by atoms with Crippen molar-refractivity contribution in [3.63, 3.8) is 0 Å². The van der Waals surface area contributed by atoms with Crippen molar-refractivity contribution in [1.82, 2.24) is 14.9 Å². The van der Waals surface area contributed by atoms with Gasteiger partial charge in [0.15, 0.2) is 0 Å². The summed E-state index contributed by atoms with van der Waals surface area (Å²) in [4.78, 5) is 16.7. The highest BCUT2D eigenvalue weighted by Crippen LogP contribution is 2.28. The first-order valence-electron chi connectivity index (χ1n) is 6.60. The van der Waals surface area contributed by atoms with Gasteiger partial charge in [-0.2, -0.15) is 0 Å². The fraction of sp³-hybridized carbons (Fsp3) is 0.750. The zero-order valence-corrected chi connectivity index (χ0v) is 11.7. The summed E-state index contributed by atoms with van der Waals surface area (Å²) in [5, 5.41) is 14.4. The molecule has 2 rings (SSSR count). The lowest BCUT2D eigenvalue weighted by Crippen LogP contribution is -2.35. The molecule has 1 N–H and O–H groups in total. The van der Waals surface area contributed by atoms with Gasteiger partial charge < -0.3 is 20.3 Å². The number of imidazole rings is 1. The number of hydrogen-bond donors (Lipinski definition) is 1. The molecule has 0 spiro atoms. The minimum absolute atomic E-state index is 0.0450. The fourth-order valence-corrected chi connectivity index (χ4v) is 2.67. The van der Waals surface area contributed by atoms with Crippen molar-refractivity contribution in [1.29, 1.82) is 0 Å². The molecule has 0 aliphatic carbocycles. The Morgan fingerprint density at radius 2 is 2.16 bits per heavy atom. The van der Waals surface area contributed by atoms with E-state index in [4.69, 9.17) is 0 Å². The summed E-state index contributed by atoms with van der Waals surface area (Å²) in [7, 11) is 3.73. The Labute approximate surface area is 112 Å². The maximum atomic E-state index is 11.1. The second-order valence-corrected chi connectivity index (χ2v) is 5.20. The molecule has 1 aromatic rings. The van der Waals surface area contributed by atoms with E-state index in [0.717, 1.165) is 32.5 Å². The number of rotatable bonds is 4. The van der Waals surface area contributed by atoms with Gasteiger partial charge in [-0.25, -0.2) is 0 Å². The monoisotopic (exact) mass is 267 g/mol. The first-order valence-corrected chi connectivity index (χ1v) is 6.60. The van der Waals surface area contributed by atoms with Crippen molar-refractivity contribution >= 4 is 11.6 Å². The molecule has 0 unspecified atom stereocenters. The lowest BCUT2D eigenvalue weighted by Gasteiger charge is -2.28. The van der Waals surface area contributed by atoms with Gasteiger partial charge in [0.2, 0.25) is 11.6 Å². The van der Waals surface area contributed by atoms with Crippen molar-refractivity contribution in [2.24, 2.45) is 13.0 Å². The third-order valence-electron chi connectivity index (χ3n) is 3.80. The van der Waals surface area contributed by atoms with E-state index in [1.165, 1.54) is 0 Å². The van der Waals surface area contributed by atoms with Crippen molar-refractivity contribution in [3.05, 3.63) is 15.9 Å². The average Bonchev–Trinajstić information content (AvgIpc) is 2.67. The predicted octanol–water partition coefficient (Wildman–Crippen LogP) is 1.07. The van der Waals surface area contributed by atoms with Crippen molar-refractivity contribution in [2.45, 2.75) is 19.8 Å². The molecule has 19 heavy (non-hydrogen) atoms. The fourth-order valence-electron chi connectivity index (χ4n) is 2.67. The Balaban J connectivity index is 2.17. The second kappa shape index (κ2) is 5.56.